The summed E-state index contributed by atoms with van der Waals surface area (Å²) in [6.45, 7) is 1.75. The Morgan fingerprint density at radius 3 is 2.59 bits per heavy atom. The van der Waals surface area contributed by atoms with Crippen LogP contribution in [0.1, 0.15) is 27.3 Å². The van der Waals surface area contributed by atoms with Crippen molar-refractivity contribution in [2.75, 3.05) is 5.73 Å². The van der Waals surface area contributed by atoms with E-state index in [1.54, 1.807) is 25.1 Å². The normalized spacial score (nSPS) is 11.2. The lowest BCUT2D eigenvalue weighted by molar-refractivity contribution is 0.0942. The van der Waals surface area contributed by atoms with E-state index in [1.807, 2.05) is 36.4 Å². The molecule has 0 bridgehead atoms. The van der Waals surface area contributed by atoms with Gasteiger partial charge in [-0.25, -0.2) is 4.98 Å². The molecule has 9 nitrogen and oxygen atoms in total. The summed E-state index contributed by atoms with van der Waals surface area (Å²) in [5, 5.41) is 7.38. The smallest absolute Gasteiger partial charge is 0.280 e. The highest BCUT2D eigenvalue weighted by atomic mass is 35.5. The zero-order valence-corrected chi connectivity index (χ0v) is 19.0. The van der Waals surface area contributed by atoms with Gasteiger partial charge < -0.3 is 5.73 Å². The molecule has 0 atom stereocenters. The molecule has 0 aliphatic carbocycles. The lowest BCUT2D eigenvalue weighted by atomic mass is 10.0. The Bertz CT molecular complexity index is 1580. The van der Waals surface area contributed by atoms with E-state index < -0.39 is 0 Å². The lowest BCUT2D eigenvalue weighted by Gasteiger charge is -2.11. The Kier molecular flexibility index (Phi) is 5.46. The number of nitrogens with two attached hydrogens (primary N) is 1. The highest BCUT2D eigenvalue weighted by Gasteiger charge is 2.20. The molecule has 0 saturated heterocycles. The van der Waals surface area contributed by atoms with Crippen molar-refractivity contribution >= 4 is 29.1 Å². The van der Waals surface area contributed by atoms with E-state index >= 15 is 0 Å². The van der Waals surface area contributed by atoms with Crippen LogP contribution in [0.5, 0.6) is 0 Å². The van der Waals surface area contributed by atoms with Crippen LogP contribution in [0.3, 0.4) is 0 Å². The summed E-state index contributed by atoms with van der Waals surface area (Å²) < 4.78 is 2.55. The molecule has 2 aromatic carbocycles. The number of aromatic nitrogens is 6. The van der Waals surface area contributed by atoms with Gasteiger partial charge in [-0.3, -0.25) is 14.7 Å². The minimum absolute atomic E-state index is 0.256. The molecule has 0 saturated carbocycles. The molecular weight excluding hydrogens is 454 g/mol. The van der Waals surface area contributed by atoms with Crippen molar-refractivity contribution in [3.63, 3.8) is 0 Å². The van der Waals surface area contributed by atoms with Gasteiger partial charge in [-0.15, -0.1) is 5.10 Å². The van der Waals surface area contributed by atoms with E-state index in [0.717, 1.165) is 11.1 Å². The Labute approximate surface area is 198 Å². The van der Waals surface area contributed by atoms with Gasteiger partial charge in [0.25, 0.3) is 17.2 Å². The number of fused-ring (bicyclic) bond motifs is 1. The van der Waals surface area contributed by atoms with Crippen molar-refractivity contribution in [3.05, 3.63) is 98.6 Å². The SMILES string of the molecule is Cc1cc(N)nn1C(=O)c1c(Cl)cccc1CCc1cc(=O)n2[nH]c(-c3ccccc3)nc2n1. The molecule has 34 heavy (non-hydrogen) atoms. The summed E-state index contributed by atoms with van der Waals surface area (Å²) in [6, 6.07) is 17.8. The molecular formula is C24H20ClN7O2. The maximum atomic E-state index is 13.2. The van der Waals surface area contributed by atoms with E-state index in [4.69, 9.17) is 17.3 Å². The van der Waals surface area contributed by atoms with E-state index in [1.165, 1.54) is 15.3 Å². The van der Waals surface area contributed by atoms with Crippen molar-refractivity contribution < 1.29 is 4.79 Å². The van der Waals surface area contributed by atoms with E-state index in [0.29, 0.717) is 40.6 Å². The van der Waals surface area contributed by atoms with Gasteiger partial charge in [0.2, 0.25) is 0 Å². The number of rotatable bonds is 5. The molecule has 10 heteroatoms. The molecule has 170 valence electrons. The number of halogens is 1. The molecule has 0 aliphatic rings. The molecule has 0 aliphatic heterocycles. The molecule has 5 rings (SSSR count). The Hall–Kier alpha value is -4.24. The van der Waals surface area contributed by atoms with E-state index in [2.05, 4.69) is 20.2 Å². The van der Waals surface area contributed by atoms with Crippen molar-refractivity contribution in [3.8, 4) is 11.4 Å². The second-order valence-corrected chi connectivity index (χ2v) is 8.27. The number of aromatic amines is 1. The third kappa shape index (κ3) is 3.97. The van der Waals surface area contributed by atoms with Crippen LogP contribution in [-0.2, 0) is 12.8 Å². The highest BCUT2D eigenvalue weighted by molar-refractivity contribution is 6.34. The fourth-order valence-electron chi connectivity index (χ4n) is 3.87. The summed E-state index contributed by atoms with van der Waals surface area (Å²) in [5.41, 5.74) is 8.57. The first-order valence-electron chi connectivity index (χ1n) is 10.6. The van der Waals surface area contributed by atoms with Crippen LogP contribution in [0.15, 0.2) is 65.5 Å². The van der Waals surface area contributed by atoms with Crippen LogP contribution in [-0.4, -0.2) is 35.3 Å². The summed E-state index contributed by atoms with van der Waals surface area (Å²) in [4.78, 5) is 34.8. The molecule has 3 heterocycles. The third-order valence-electron chi connectivity index (χ3n) is 5.49. The summed E-state index contributed by atoms with van der Waals surface area (Å²) in [7, 11) is 0. The van der Waals surface area contributed by atoms with Crippen LogP contribution in [0, 0.1) is 6.92 Å². The van der Waals surface area contributed by atoms with Gasteiger partial charge in [-0.1, -0.05) is 54.1 Å². The number of hydrogen-bond acceptors (Lipinski definition) is 6. The van der Waals surface area contributed by atoms with Crippen molar-refractivity contribution in [2.45, 2.75) is 19.8 Å². The third-order valence-corrected chi connectivity index (χ3v) is 5.81. The number of nitrogens with one attached hydrogen (secondary N) is 1. The number of hydrogen-bond donors (Lipinski definition) is 2. The summed E-state index contributed by atoms with van der Waals surface area (Å²) in [5.74, 6) is 0.731. The number of nitrogens with zero attached hydrogens (tertiary/aromatic N) is 5. The van der Waals surface area contributed by atoms with Gasteiger partial charge in [0.15, 0.2) is 5.82 Å². The fraction of sp³-hybridized carbons (Fsp3) is 0.125. The Morgan fingerprint density at radius 2 is 1.85 bits per heavy atom. The number of carbonyl (C=O) groups is 1. The molecule has 3 aromatic heterocycles. The molecule has 0 unspecified atom stereocenters. The minimum atomic E-state index is -0.363. The second kappa shape index (κ2) is 8.60. The van der Waals surface area contributed by atoms with Crippen LogP contribution in [0.4, 0.5) is 5.82 Å². The number of aryl methyl sites for hydroxylation is 3. The monoisotopic (exact) mass is 473 g/mol. The van der Waals surface area contributed by atoms with Crippen molar-refractivity contribution in [1.82, 2.24) is 29.4 Å². The maximum Gasteiger partial charge on any atom is 0.280 e. The van der Waals surface area contributed by atoms with Gasteiger partial charge >= 0.3 is 0 Å². The second-order valence-electron chi connectivity index (χ2n) is 7.86. The summed E-state index contributed by atoms with van der Waals surface area (Å²) >= 11 is 6.40. The first-order valence-corrected chi connectivity index (χ1v) is 11.0. The van der Waals surface area contributed by atoms with Crippen LogP contribution in [0.2, 0.25) is 5.02 Å². The molecule has 0 amide bonds. The number of anilines is 1. The van der Waals surface area contributed by atoms with Crippen LogP contribution < -0.4 is 11.3 Å². The van der Waals surface area contributed by atoms with E-state index in [-0.39, 0.29) is 23.1 Å². The maximum absolute atomic E-state index is 13.2. The standard InChI is InChI=1S/C24H20ClN7O2/c1-14-12-19(26)29-31(14)23(34)21-15(8-5-9-18(21)25)10-11-17-13-20(33)32-24(27-17)28-22(30-32)16-6-3-2-4-7-16/h2-9,12-13H,10-11H2,1H3,(H2,26,29)(H,27,28,30). The van der Waals surface area contributed by atoms with Crippen LogP contribution >= 0.6 is 11.6 Å². The Morgan fingerprint density at radius 1 is 1.06 bits per heavy atom. The zero-order valence-electron chi connectivity index (χ0n) is 18.2. The topological polar surface area (TPSA) is 124 Å². The largest absolute Gasteiger partial charge is 0.382 e. The van der Waals surface area contributed by atoms with E-state index in [9.17, 15) is 9.59 Å². The van der Waals surface area contributed by atoms with Crippen LogP contribution in [0.25, 0.3) is 17.2 Å². The van der Waals surface area contributed by atoms with Crippen molar-refractivity contribution in [2.24, 2.45) is 0 Å². The van der Waals surface area contributed by atoms with Gasteiger partial charge in [0.05, 0.1) is 16.3 Å². The average molecular weight is 474 g/mol. The lowest BCUT2D eigenvalue weighted by Crippen LogP contribution is -2.19. The Balaban J connectivity index is 1.45. The quantitative estimate of drug-likeness (QED) is 0.403. The summed E-state index contributed by atoms with van der Waals surface area (Å²) in [6.07, 6.45) is 0.857. The predicted molar refractivity (Wildman–Crippen MR) is 129 cm³/mol. The number of nitrogen functional groups attached to an aromatic ring is 1. The van der Waals surface area contributed by atoms with Gasteiger partial charge in [0, 0.05) is 23.4 Å². The molecule has 5 aromatic rings. The predicted octanol–water partition coefficient (Wildman–Crippen LogP) is 3.30. The first-order chi connectivity index (χ1) is 16.4. The number of carbonyl (C=O) groups excluding carboxylic acids is 1. The van der Waals surface area contributed by atoms with Gasteiger partial charge in [-0.2, -0.15) is 14.2 Å². The molecule has 0 spiro atoms. The molecule has 3 N–H and O–H groups in total. The molecule has 0 radical (unpaired) electrons. The number of H-pyrrole nitrogens is 1. The van der Waals surface area contributed by atoms with Gasteiger partial charge in [-0.05, 0) is 31.4 Å². The highest BCUT2D eigenvalue weighted by Crippen LogP contribution is 2.24. The fourth-order valence-corrected chi connectivity index (χ4v) is 4.14. The molecule has 0 fully saturated rings. The zero-order chi connectivity index (χ0) is 23.8. The minimum Gasteiger partial charge on any atom is -0.382 e. The average Bonchev–Trinajstić information content (AvgIpc) is 3.41. The first kappa shape index (κ1) is 21.6. The van der Waals surface area contributed by atoms with Gasteiger partial charge in [0.1, 0.15) is 5.82 Å². The number of benzene rings is 2. The van der Waals surface area contributed by atoms with Crippen molar-refractivity contribution in [1.29, 1.82) is 0 Å².